The number of hydrogen-bond donors (Lipinski definition) is 2. The maximum absolute atomic E-state index is 12.3. The molecule has 0 aliphatic heterocycles. The number of rotatable bonds is 5. The van der Waals surface area contributed by atoms with E-state index in [1.165, 1.54) is 11.1 Å². The first-order valence-corrected chi connectivity index (χ1v) is 7.82. The minimum atomic E-state index is -0.222. The highest BCUT2D eigenvalue weighted by molar-refractivity contribution is 6.03. The summed E-state index contributed by atoms with van der Waals surface area (Å²) in [7, 11) is 0. The van der Waals surface area contributed by atoms with Crippen LogP contribution in [0.15, 0.2) is 72.9 Å². The SMILES string of the molecule is Cc1cccc(CNc2ccnc(C(=O)Nc3ccccc3)c2)c1. The van der Waals surface area contributed by atoms with Crippen molar-refractivity contribution in [1.29, 1.82) is 0 Å². The van der Waals surface area contributed by atoms with Crippen molar-refractivity contribution in [3.05, 3.63) is 89.7 Å². The zero-order valence-corrected chi connectivity index (χ0v) is 13.5. The number of aromatic nitrogens is 1. The van der Waals surface area contributed by atoms with Crippen molar-refractivity contribution in [3.8, 4) is 0 Å². The Morgan fingerprint density at radius 2 is 1.79 bits per heavy atom. The second kappa shape index (κ2) is 7.42. The van der Waals surface area contributed by atoms with Crippen LogP contribution in [0, 0.1) is 6.92 Å². The van der Waals surface area contributed by atoms with Crippen LogP contribution >= 0.6 is 0 Å². The maximum atomic E-state index is 12.3. The molecule has 0 saturated heterocycles. The van der Waals surface area contributed by atoms with Gasteiger partial charge in [0.05, 0.1) is 0 Å². The number of aryl methyl sites for hydroxylation is 1. The summed E-state index contributed by atoms with van der Waals surface area (Å²) >= 11 is 0. The Morgan fingerprint density at radius 1 is 0.958 bits per heavy atom. The van der Waals surface area contributed by atoms with Crippen LogP contribution in [-0.2, 0) is 6.54 Å². The predicted octanol–water partition coefficient (Wildman–Crippen LogP) is 4.25. The molecule has 1 heterocycles. The van der Waals surface area contributed by atoms with Crippen molar-refractivity contribution in [3.63, 3.8) is 0 Å². The van der Waals surface area contributed by atoms with E-state index >= 15 is 0 Å². The molecular weight excluding hydrogens is 298 g/mol. The van der Waals surface area contributed by atoms with Gasteiger partial charge in [-0.25, -0.2) is 0 Å². The molecule has 1 aromatic heterocycles. The average molecular weight is 317 g/mol. The molecule has 0 fully saturated rings. The third kappa shape index (κ3) is 4.20. The van der Waals surface area contributed by atoms with Gasteiger partial charge >= 0.3 is 0 Å². The molecule has 0 aliphatic rings. The van der Waals surface area contributed by atoms with Gasteiger partial charge in [0.2, 0.25) is 0 Å². The van der Waals surface area contributed by atoms with Gasteiger partial charge in [-0.1, -0.05) is 48.0 Å². The van der Waals surface area contributed by atoms with Gasteiger partial charge in [-0.15, -0.1) is 0 Å². The molecule has 2 N–H and O–H groups in total. The third-order valence-electron chi connectivity index (χ3n) is 3.60. The highest BCUT2D eigenvalue weighted by Crippen LogP contribution is 2.13. The number of para-hydroxylation sites is 1. The largest absolute Gasteiger partial charge is 0.381 e. The van der Waals surface area contributed by atoms with Crippen LogP contribution in [-0.4, -0.2) is 10.9 Å². The molecule has 0 bridgehead atoms. The van der Waals surface area contributed by atoms with Crippen LogP contribution in [0.3, 0.4) is 0 Å². The van der Waals surface area contributed by atoms with Crippen molar-refractivity contribution in [2.24, 2.45) is 0 Å². The van der Waals surface area contributed by atoms with Crippen molar-refractivity contribution in [2.75, 3.05) is 10.6 Å². The van der Waals surface area contributed by atoms with Crippen molar-refractivity contribution in [2.45, 2.75) is 13.5 Å². The minimum Gasteiger partial charge on any atom is -0.381 e. The van der Waals surface area contributed by atoms with Gasteiger partial charge in [-0.05, 0) is 36.8 Å². The van der Waals surface area contributed by atoms with E-state index in [1.54, 1.807) is 12.3 Å². The first-order chi connectivity index (χ1) is 11.7. The van der Waals surface area contributed by atoms with E-state index in [2.05, 4.69) is 40.7 Å². The van der Waals surface area contributed by atoms with Crippen molar-refractivity contribution >= 4 is 17.3 Å². The molecule has 0 spiro atoms. The van der Waals surface area contributed by atoms with Crippen LogP contribution in [0.4, 0.5) is 11.4 Å². The Bertz CT molecular complexity index is 831. The van der Waals surface area contributed by atoms with E-state index < -0.39 is 0 Å². The molecule has 0 atom stereocenters. The normalized spacial score (nSPS) is 10.2. The predicted molar refractivity (Wildman–Crippen MR) is 97.1 cm³/mol. The standard InChI is InChI=1S/C20H19N3O/c1-15-6-5-7-16(12-15)14-22-18-10-11-21-19(13-18)20(24)23-17-8-3-2-4-9-17/h2-13H,14H2,1H3,(H,21,22)(H,23,24). The van der Waals surface area contributed by atoms with Gasteiger partial charge in [0.15, 0.2) is 0 Å². The van der Waals surface area contributed by atoms with Gasteiger partial charge in [-0.3, -0.25) is 9.78 Å². The lowest BCUT2D eigenvalue weighted by molar-refractivity contribution is 0.102. The number of carbonyl (C=O) groups excluding carboxylic acids is 1. The fourth-order valence-electron chi connectivity index (χ4n) is 2.41. The number of benzene rings is 2. The van der Waals surface area contributed by atoms with E-state index in [1.807, 2.05) is 42.5 Å². The summed E-state index contributed by atoms with van der Waals surface area (Å²) < 4.78 is 0. The van der Waals surface area contributed by atoms with Gasteiger partial charge < -0.3 is 10.6 Å². The van der Waals surface area contributed by atoms with Gasteiger partial charge in [0, 0.05) is 24.1 Å². The molecule has 0 saturated carbocycles. The lowest BCUT2D eigenvalue weighted by Crippen LogP contribution is -2.14. The van der Waals surface area contributed by atoms with Crippen molar-refractivity contribution in [1.82, 2.24) is 4.98 Å². The monoisotopic (exact) mass is 317 g/mol. The van der Waals surface area contributed by atoms with E-state index in [0.29, 0.717) is 12.2 Å². The summed E-state index contributed by atoms with van der Waals surface area (Å²) in [6, 6.07) is 21.3. The van der Waals surface area contributed by atoms with Crippen LogP contribution in [0.5, 0.6) is 0 Å². The second-order valence-electron chi connectivity index (χ2n) is 5.59. The summed E-state index contributed by atoms with van der Waals surface area (Å²) in [5.41, 5.74) is 4.43. The Labute approximate surface area is 141 Å². The molecule has 2 aromatic carbocycles. The van der Waals surface area contributed by atoms with Crippen LogP contribution < -0.4 is 10.6 Å². The molecule has 24 heavy (non-hydrogen) atoms. The topological polar surface area (TPSA) is 54.0 Å². The maximum Gasteiger partial charge on any atom is 0.274 e. The van der Waals surface area contributed by atoms with Gasteiger partial charge in [0.25, 0.3) is 5.91 Å². The van der Waals surface area contributed by atoms with E-state index in [-0.39, 0.29) is 5.91 Å². The van der Waals surface area contributed by atoms with E-state index in [4.69, 9.17) is 0 Å². The van der Waals surface area contributed by atoms with Crippen LogP contribution in [0.2, 0.25) is 0 Å². The summed E-state index contributed by atoms with van der Waals surface area (Å²) in [5.74, 6) is -0.222. The number of pyridine rings is 1. The number of anilines is 2. The molecular formula is C20H19N3O. The highest BCUT2D eigenvalue weighted by atomic mass is 16.1. The number of carbonyl (C=O) groups is 1. The van der Waals surface area contributed by atoms with E-state index in [9.17, 15) is 4.79 Å². The first-order valence-electron chi connectivity index (χ1n) is 7.82. The quantitative estimate of drug-likeness (QED) is 0.739. The summed E-state index contributed by atoms with van der Waals surface area (Å²) in [6.07, 6.45) is 1.64. The second-order valence-corrected chi connectivity index (χ2v) is 5.59. The molecule has 1 amide bonds. The van der Waals surface area contributed by atoms with E-state index in [0.717, 1.165) is 11.4 Å². The molecule has 4 nitrogen and oxygen atoms in total. The fraction of sp³-hybridized carbons (Fsp3) is 0.100. The molecule has 4 heteroatoms. The number of nitrogens with one attached hydrogen (secondary N) is 2. The molecule has 120 valence electrons. The Balaban J connectivity index is 1.66. The fourth-order valence-corrected chi connectivity index (χ4v) is 2.41. The third-order valence-corrected chi connectivity index (χ3v) is 3.60. The molecule has 0 unspecified atom stereocenters. The molecule has 0 radical (unpaired) electrons. The molecule has 3 rings (SSSR count). The Kier molecular flexibility index (Phi) is 4.87. The zero-order valence-electron chi connectivity index (χ0n) is 13.5. The summed E-state index contributed by atoms with van der Waals surface area (Å²) in [5, 5.41) is 6.16. The van der Waals surface area contributed by atoms with Crippen LogP contribution in [0.1, 0.15) is 21.6 Å². The lowest BCUT2D eigenvalue weighted by Gasteiger charge is -2.09. The molecule has 0 aliphatic carbocycles. The smallest absolute Gasteiger partial charge is 0.274 e. The van der Waals surface area contributed by atoms with Crippen molar-refractivity contribution < 1.29 is 4.79 Å². The zero-order chi connectivity index (χ0) is 16.8. The average Bonchev–Trinajstić information content (AvgIpc) is 2.61. The molecule has 3 aromatic rings. The Morgan fingerprint density at radius 3 is 2.58 bits per heavy atom. The number of hydrogen-bond acceptors (Lipinski definition) is 3. The van der Waals surface area contributed by atoms with Crippen LogP contribution in [0.25, 0.3) is 0 Å². The Hall–Kier alpha value is -3.14. The number of nitrogens with zero attached hydrogens (tertiary/aromatic N) is 1. The number of amides is 1. The van der Waals surface area contributed by atoms with Gasteiger partial charge in [-0.2, -0.15) is 0 Å². The van der Waals surface area contributed by atoms with Gasteiger partial charge in [0.1, 0.15) is 5.69 Å². The summed E-state index contributed by atoms with van der Waals surface area (Å²) in [6.45, 7) is 2.77. The minimum absolute atomic E-state index is 0.222. The summed E-state index contributed by atoms with van der Waals surface area (Å²) in [4.78, 5) is 16.4. The first kappa shape index (κ1) is 15.7. The lowest BCUT2D eigenvalue weighted by atomic mass is 10.1. The highest BCUT2D eigenvalue weighted by Gasteiger charge is 2.08.